The summed E-state index contributed by atoms with van der Waals surface area (Å²) in [6, 6.07) is 13.7. The third-order valence-electron chi connectivity index (χ3n) is 3.21. The Balaban J connectivity index is 2.40. The lowest BCUT2D eigenvalue weighted by atomic mass is 10.1. The summed E-state index contributed by atoms with van der Waals surface area (Å²) in [7, 11) is 0. The Morgan fingerprint density at radius 2 is 1.74 bits per heavy atom. The first-order chi connectivity index (χ1) is 9.16. The zero-order valence-corrected chi connectivity index (χ0v) is 10.4. The number of benzene rings is 2. The highest BCUT2D eigenvalue weighted by molar-refractivity contribution is 5.84. The monoisotopic (exact) mass is 253 g/mol. The molecule has 3 heteroatoms. The van der Waals surface area contributed by atoms with Gasteiger partial charge in [-0.3, -0.25) is 9.36 Å². The lowest BCUT2D eigenvalue weighted by Crippen LogP contribution is -2.18. The van der Waals surface area contributed by atoms with Crippen molar-refractivity contribution in [2.24, 2.45) is 0 Å². The quantitative estimate of drug-likeness (QED) is 0.651. The number of rotatable bonds is 1. The van der Waals surface area contributed by atoms with E-state index < -0.39 is 5.82 Å². The molecule has 1 heterocycles. The molecule has 2 aromatic carbocycles. The van der Waals surface area contributed by atoms with Crippen molar-refractivity contribution in [2.45, 2.75) is 6.92 Å². The van der Waals surface area contributed by atoms with Crippen LogP contribution in [0, 0.1) is 12.7 Å². The molecule has 0 saturated heterocycles. The van der Waals surface area contributed by atoms with Gasteiger partial charge < -0.3 is 0 Å². The fourth-order valence-electron chi connectivity index (χ4n) is 2.27. The molecule has 0 aliphatic heterocycles. The summed E-state index contributed by atoms with van der Waals surface area (Å²) in [5.41, 5.74) is 1.52. The van der Waals surface area contributed by atoms with Crippen LogP contribution in [0.4, 0.5) is 4.39 Å². The van der Waals surface area contributed by atoms with Crippen LogP contribution in [0.2, 0.25) is 0 Å². The Labute approximate surface area is 109 Å². The highest BCUT2D eigenvalue weighted by Crippen LogP contribution is 2.17. The Morgan fingerprint density at radius 3 is 2.47 bits per heavy atom. The summed E-state index contributed by atoms with van der Waals surface area (Å²) in [5, 5.41) is 1.20. The van der Waals surface area contributed by atoms with Gasteiger partial charge in [0.1, 0.15) is 5.82 Å². The van der Waals surface area contributed by atoms with E-state index in [4.69, 9.17) is 0 Å². The largest absolute Gasteiger partial charge is 0.284 e. The molecule has 2 nitrogen and oxygen atoms in total. The maximum atomic E-state index is 13.3. The molecule has 0 amide bonds. The molecule has 0 atom stereocenters. The van der Waals surface area contributed by atoms with Crippen molar-refractivity contribution in [1.29, 1.82) is 0 Å². The minimum atomic E-state index is -0.394. The van der Waals surface area contributed by atoms with Gasteiger partial charge >= 0.3 is 0 Å². The molecule has 1 aromatic heterocycles. The van der Waals surface area contributed by atoms with Gasteiger partial charge in [0.25, 0.3) is 5.56 Å². The molecule has 19 heavy (non-hydrogen) atoms. The molecule has 0 bridgehead atoms. The number of para-hydroxylation sites is 1. The molecule has 0 unspecified atom stereocenters. The number of pyridine rings is 1. The summed E-state index contributed by atoms with van der Waals surface area (Å²) >= 11 is 0. The molecule has 0 fully saturated rings. The van der Waals surface area contributed by atoms with E-state index in [0.717, 1.165) is 16.6 Å². The van der Waals surface area contributed by atoms with Crippen LogP contribution in [-0.2, 0) is 0 Å². The van der Waals surface area contributed by atoms with E-state index in [9.17, 15) is 9.18 Å². The molecular formula is C16H12FNO. The van der Waals surface area contributed by atoms with Crippen molar-refractivity contribution in [1.82, 2.24) is 4.57 Å². The number of hydrogen-bond acceptors (Lipinski definition) is 1. The average Bonchev–Trinajstić information content (AvgIpc) is 2.43. The Kier molecular flexibility index (Phi) is 2.67. The molecule has 0 spiro atoms. The molecule has 94 valence electrons. The van der Waals surface area contributed by atoms with Crippen molar-refractivity contribution in [3.63, 3.8) is 0 Å². The summed E-state index contributed by atoms with van der Waals surface area (Å²) in [5.74, 6) is -0.394. The molecule has 0 aliphatic carbocycles. The highest BCUT2D eigenvalue weighted by Gasteiger charge is 2.08. The van der Waals surface area contributed by atoms with Crippen LogP contribution >= 0.6 is 0 Å². The van der Waals surface area contributed by atoms with E-state index in [0.29, 0.717) is 5.39 Å². The summed E-state index contributed by atoms with van der Waals surface area (Å²) in [6.45, 7) is 1.92. The van der Waals surface area contributed by atoms with Gasteiger partial charge in [-0.05, 0) is 42.1 Å². The first-order valence-corrected chi connectivity index (χ1v) is 6.04. The summed E-state index contributed by atoms with van der Waals surface area (Å²) in [4.78, 5) is 12.4. The first kappa shape index (κ1) is 11.7. The Bertz CT molecular complexity index is 806. The highest BCUT2D eigenvalue weighted by atomic mass is 19.1. The van der Waals surface area contributed by atoms with Crippen LogP contribution < -0.4 is 5.56 Å². The zero-order valence-electron chi connectivity index (χ0n) is 10.4. The SMILES string of the molecule is Cc1cn(-c2ccccc2)c(=O)c2cc(F)ccc12. The van der Waals surface area contributed by atoms with Crippen LogP contribution in [-0.4, -0.2) is 4.57 Å². The maximum absolute atomic E-state index is 13.3. The van der Waals surface area contributed by atoms with Gasteiger partial charge in [0.15, 0.2) is 0 Å². The Hall–Kier alpha value is -2.42. The molecule has 0 radical (unpaired) electrons. The number of halogens is 1. The van der Waals surface area contributed by atoms with Gasteiger partial charge in [-0.15, -0.1) is 0 Å². The van der Waals surface area contributed by atoms with Gasteiger partial charge in [-0.1, -0.05) is 24.3 Å². The van der Waals surface area contributed by atoms with E-state index in [1.54, 1.807) is 16.8 Å². The second-order valence-corrected chi connectivity index (χ2v) is 4.51. The standard InChI is InChI=1S/C16H12FNO/c1-11-10-18(13-5-3-2-4-6-13)16(19)15-9-12(17)7-8-14(11)15/h2-10H,1H3. The minimum Gasteiger partial charge on any atom is -0.284 e. The topological polar surface area (TPSA) is 22.0 Å². The number of aromatic nitrogens is 1. The normalized spacial score (nSPS) is 10.8. The van der Waals surface area contributed by atoms with Crippen LogP contribution in [0.1, 0.15) is 5.56 Å². The number of nitrogens with zero attached hydrogens (tertiary/aromatic N) is 1. The van der Waals surface area contributed by atoms with E-state index in [-0.39, 0.29) is 5.56 Å². The van der Waals surface area contributed by atoms with Crippen LogP contribution in [0.25, 0.3) is 16.5 Å². The number of fused-ring (bicyclic) bond motifs is 1. The lowest BCUT2D eigenvalue weighted by molar-refractivity contribution is 0.629. The predicted octanol–water partition coefficient (Wildman–Crippen LogP) is 3.44. The molecule has 0 aliphatic rings. The van der Waals surface area contributed by atoms with Crippen LogP contribution in [0.5, 0.6) is 0 Å². The van der Waals surface area contributed by atoms with E-state index in [2.05, 4.69) is 0 Å². The van der Waals surface area contributed by atoms with Gasteiger partial charge in [0.2, 0.25) is 0 Å². The maximum Gasteiger partial charge on any atom is 0.263 e. The Morgan fingerprint density at radius 1 is 1.00 bits per heavy atom. The fourth-order valence-corrected chi connectivity index (χ4v) is 2.27. The van der Waals surface area contributed by atoms with Crippen LogP contribution in [0.3, 0.4) is 0 Å². The van der Waals surface area contributed by atoms with Gasteiger partial charge in [-0.2, -0.15) is 0 Å². The average molecular weight is 253 g/mol. The van der Waals surface area contributed by atoms with E-state index in [1.807, 2.05) is 37.3 Å². The molecule has 0 N–H and O–H groups in total. The summed E-state index contributed by atoms with van der Waals surface area (Å²) in [6.07, 6.45) is 1.79. The smallest absolute Gasteiger partial charge is 0.263 e. The second kappa shape index (κ2) is 4.35. The van der Waals surface area contributed by atoms with Crippen molar-refractivity contribution < 1.29 is 4.39 Å². The minimum absolute atomic E-state index is 0.202. The molecular weight excluding hydrogens is 241 g/mol. The van der Waals surface area contributed by atoms with Crippen molar-refractivity contribution in [3.05, 3.63) is 76.5 Å². The van der Waals surface area contributed by atoms with E-state index in [1.165, 1.54) is 12.1 Å². The predicted molar refractivity (Wildman–Crippen MR) is 74.2 cm³/mol. The van der Waals surface area contributed by atoms with Crippen LogP contribution in [0.15, 0.2) is 59.5 Å². The van der Waals surface area contributed by atoms with Crippen molar-refractivity contribution >= 4 is 10.8 Å². The van der Waals surface area contributed by atoms with Gasteiger partial charge in [0.05, 0.1) is 5.39 Å². The van der Waals surface area contributed by atoms with E-state index >= 15 is 0 Å². The van der Waals surface area contributed by atoms with Crippen molar-refractivity contribution in [3.8, 4) is 5.69 Å². The number of hydrogen-bond donors (Lipinski definition) is 0. The molecule has 3 aromatic rings. The summed E-state index contributed by atoms with van der Waals surface area (Å²) < 4.78 is 14.9. The van der Waals surface area contributed by atoms with Gasteiger partial charge in [0, 0.05) is 11.9 Å². The fraction of sp³-hybridized carbons (Fsp3) is 0.0625. The second-order valence-electron chi connectivity index (χ2n) is 4.51. The molecule has 3 rings (SSSR count). The number of aryl methyl sites for hydroxylation is 1. The zero-order chi connectivity index (χ0) is 13.4. The van der Waals surface area contributed by atoms with Gasteiger partial charge in [-0.25, -0.2) is 4.39 Å². The third-order valence-corrected chi connectivity index (χ3v) is 3.21. The molecule has 0 saturated carbocycles. The first-order valence-electron chi connectivity index (χ1n) is 6.04. The lowest BCUT2D eigenvalue weighted by Gasteiger charge is -2.10. The third kappa shape index (κ3) is 1.93. The van der Waals surface area contributed by atoms with Crippen molar-refractivity contribution in [2.75, 3.05) is 0 Å².